The van der Waals surface area contributed by atoms with Crippen LogP contribution in [0.15, 0.2) is 12.2 Å². The van der Waals surface area contributed by atoms with Gasteiger partial charge >= 0.3 is 6.03 Å². The van der Waals surface area contributed by atoms with Gasteiger partial charge in [-0.05, 0) is 31.1 Å². The van der Waals surface area contributed by atoms with Crippen LogP contribution in [0.3, 0.4) is 0 Å². The standard InChI is InChI=1S/C13H22N2O/c1-3-4-7-14-13(16)15(2)12-9-10-5-6-11(12)8-10/h5-6,10-12H,3-4,7-9H2,1-2H3,(H,14,16)/t10-,11+,12+/m1/s1. The first-order valence-electron chi connectivity index (χ1n) is 6.41. The molecule has 2 aliphatic carbocycles. The van der Waals surface area contributed by atoms with Gasteiger partial charge in [-0.2, -0.15) is 0 Å². The molecule has 0 unspecified atom stereocenters. The van der Waals surface area contributed by atoms with Crippen LogP contribution in [0.1, 0.15) is 32.6 Å². The van der Waals surface area contributed by atoms with Gasteiger partial charge in [0.1, 0.15) is 0 Å². The molecule has 2 amide bonds. The molecule has 0 aromatic heterocycles. The van der Waals surface area contributed by atoms with Crippen molar-refractivity contribution in [3.63, 3.8) is 0 Å². The number of hydrogen-bond donors (Lipinski definition) is 1. The summed E-state index contributed by atoms with van der Waals surface area (Å²) in [6, 6.07) is 0.524. The summed E-state index contributed by atoms with van der Waals surface area (Å²) < 4.78 is 0. The average Bonchev–Trinajstić information content (AvgIpc) is 2.90. The van der Waals surface area contributed by atoms with Gasteiger partial charge in [0.05, 0.1) is 0 Å². The van der Waals surface area contributed by atoms with Crippen LogP contribution in [0, 0.1) is 11.8 Å². The van der Waals surface area contributed by atoms with Crippen LogP contribution in [0.4, 0.5) is 4.79 Å². The third-order valence-electron chi connectivity index (χ3n) is 3.87. The lowest BCUT2D eigenvalue weighted by Gasteiger charge is -2.29. The van der Waals surface area contributed by atoms with E-state index in [1.807, 2.05) is 11.9 Å². The molecule has 2 bridgehead atoms. The Labute approximate surface area is 97.9 Å². The van der Waals surface area contributed by atoms with Crippen molar-refractivity contribution >= 4 is 6.03 Å². The quantitative estimate of drug-likeness (QED) is 0.575. The molecule has 0 aliphatic heterocycles. The summed E-state index contributed by atoms with van der Waals surface area (Å²) in [4.78, 5) is 13.8. The minimum absolute atomic E-state index is 0.0967. The number of unbranched alkanes of at least 4 members (excludes halogenated alkanes) is 1. The van der Waals surface area contributed by atoms with Crippen LogP contribution in [0.2, 0.25) is 0 Å². The molecule has 3 heteroatoms. The molecule has 1 fully saturated rings. The van der Waals surface area contributed by atoms with E-state index in [0.717, 1.165) is 31.7 Å². The second kappa shape index (κ2) is 4.89. The topological polar surface area (TPSA) is 32.3 Å². The number of fused-ring (bicyclic) bond motifs is 2. The maximum Gasteiger partial charge on any atom is 0.317 e. The molecule has 0 aromatic carbocycles. The summed E-state index contributed by atoms with van der Waals surface area (Å²) in [5.41, 5.74) is 0. The Morgan fingerprint density at radius 1 is 1.44 bits per heavy atom. The molecule has 1 N–H and O–H groups in total. The second-order valence-corrected chi connectivity index (χ2v) is 5.04. The number of allylic oxidation sites excluding steroid dienone is 1. The van der Waals surface area contributed by atoms with Gasteiger partial charge in [-0.25, -0.2) is 4.79 Å². The molecule has 0 heterocycles. The largest absolute Gasteiger partial charge is 0.338 e. The molecule has 0 radical (unpaired) electrons. The van der Waals surface area contributed by atoms with E-state index in [2.05, 4.69) is 24.4 Å². The van der Waals surface area contributed by atoms with Gasteiger partial charge in [-0.3, -0.25) is 0 Å². The molecular formula is C13H22N2O. The summed E-state index contributed by atoms with van der Waals surface area (Å²) in [5, 5.41) is 2.98. The first kappa shape index (κ1) is 11.5. The lowest BCUT2D eigenvalue weighted by Crippen LogP contribution is -2.45. The van der Waals surface area contributed by atoms with Crippen LogP contribution < -0.4 is 5.32 Å². The van der Waals surface area contributed by atoms with Crippen molar-refractivity contribution in [2.24, 2.45) is 11.8 Å². The third kappa shape index (κ3) is 2.23. The van der Waals surface area contributed by atoms with Gasteiger partial charge in [0.2, 0.25) is 0 Å². The Bertz CT molecular complexity index is 288. The fourth-order valence-electron chi connectivity index (χ4n) is 2.84. The molecule has 2 rings (SSSR count). The number of hydrogen-bond acceptors (Lipinski definition) is 1. The Balaban J connectivity index is 1.81. The summed E-state index contributed by atoms with van der Waals surface area (Å²) in [6.07, 6.45) is 9.19. The van der Waals surface area contributed by atoms with E-state index in [1.54, 1.807) is 0 Å². The number of carbonyl (C=O) groups excluding carboxylic acids is 1. The molecule has 16 heavy (non-hydrogen) atoms. The Morgan fingerprint density at radius 2 is 2.25 bits per heavy atom. The number of nitrogens with one attached hydrogen (secondary N) is 1. The van der Waals surface area contributed by atoms with Crippen LogP contribution >= 0.6 is 0 Å². The van der Waals surface area contributed by atoms with E-state index < -0.39 is 0 Å². The van der Waals surface area contributed by atoms with Gasteiger partial charge < -0.3 is 10.2 Å². The highest BCUT2D eigenvalue weighted by atomic mass is 16.2. The monoisotopic (exact) mass is 222 g/mol. The van der Waals surface area contributed by atoms with Crippen molar-refractivity contribution in [2.45, 2.75) is 38.6 Å². The fraction of sp³-hybridized carbons (Fsp3) is 0.769. The van der Waals surface area contributed by atoms with E-state index in [9.17, 15) is 4.79 Å². The van der Waals surface area contributed by atoms with Crippen molar-refractivity contribution in [2.75, 3.05) is 13.6 Å². The van der Waals surface area contributed by atoms with E-state index in [-0.39, 0.29) is 6.03 Å². The Morgan fingerprint density at radius 3 is 2.81 bits per heavy atom. The van der Waals surface area contributed by atoms with Gasteiger partial charge in [0.25, 0.3) is 0 Å². The zero-order valence-corrected chi connectivity index (χ0v) is 10.3. The van der Waals surface area contributed by atoms with Crippen molar-refractivity contribution in [1.82, 2.24) is 10.2 Å². The SMILES string of the molecule is CCCCNC(=O)N(C)[C@H]1C[C@@H]2C=C[C@H]1C2. The van der Waals surface area contributed by atoms with Crippen LogP contribution in [-0.4, -0.2) is 30.6 Å². The van der Waals surface area contributed by atoms with Gasteiger partial charge in [0.15, 0.2) is 0 Å². The van der Waals surface area contributed by atoms with E-state index in [1.165, 1.54) is 6.42 Å². The first-order valence-corrected chi connectivity index (χ1v) is 6.41. The molecule has 2 aliphatic rings. The Kier molecular flexibility index (Phi) is 3.52. The van der Waals surface area contributed by atoms with Crippen LogP contribution in [-0.2, 0) is 0 Å². The minimum Gasteiger partial charge on any atom is -0.338 e. The first-order chi connectivity index (χ1) is 7.72. The zero-order chi connectivity index (χ0) is 11.5. The molecule has 1 saturated carbocycles. The zero-order valence-electron chi connectivity index (χ0n) is 10.3. The second-order valence-electron chi connectivity index (χ2n) is 5.04. The van der Waals surface area contributed by atoms with Crippen molar-refractivity contribution < 1.29 is 4.79 Å². The summed E-state index contributed by atoms with van der Waals surface area (Å²) in [7, 11) is 1.93. The molecular weight excluding hydrogens is 200 g/mol. The number of amides is 2. The third-order valence-corrected chi connectivity index (χ3v) is 3.87. The molecule has 90 valence electrons. The molecule has 0 spiro atoms. The smallest absolute Gasteiger partial charge is 0.317 e. The van der Waals surface area contributed by atoms with E-state index in [0.29, 0.717) is 12.0 Å². The summed E-state index contributed by atoms with van der Waals surface area (Å²) in [5.74, 6) is 1.33. The highest BCUT2D eigenvalue weighted by Gasteiger charge is 2.39. The van der Waals surface area contributed by atoms with Crippen molar-refractivity contribution in [3.8, 4) is 0 Å². The summed E-state index contributed by atoms with van der Waals surface area (Å²) >= 11 is 0. The maximum absolute atomic E-state index is 11.9. The number of nitrogens with zero attached hydrogens (tertiary/aromatic N) is 1. The normalized spacial score (nSPS) is 30.8. The van der Waals surface area contributed by atoms with Crippen molar-refractivity contribution in [1.29, 1.82) is 0 Å². The highest BCUT2D eigenvalue weighted by molar-refractivity contribution is 5.74. The number of urea groups is 1. The lowest BCUT2D eigenvalue weighted by atomic mass is 10.0. The van der Waals surface area contributed by atoms with Gasteiger partial charge in [0, 0.05) is 19.6 Å². The Hall–Kier alpha value is -0.990. The number of carbonyl (C=O) groups is 1. The fourth-order valence-corrected chi connectivity index (χ4v) is 2.84. The van der Waals surface area contributed by atoms with Crippen LogP contribution in [0.5, 0.6) is 0 Å². The summed E-state index contributed by atoms with van der Waals surface area (Å²) in [6.45, 7) is 2.94. The van der Waals surface area contributed by atoms with Gasteiger partial charge in [-0.1, -0.05) is 25.5 Å². The van der Waals surface area contributed by atoms with Gasteiger partial charge in [-0.15, -0.1) is 0 Å². The van der Waals surface area contributed by atoms with Crippen molar-refractivity contribution in [3.05, 3.63) is 12.2 Å². The molecule has 3 atom stereocenters. The number of rotatable bonds is 4. The molecule has 0 aromatic rings. The maximum atomic E-state index is 11.9. The minimum atomic E-state index is 0.0967. The van der Waals surface area contributed by atoms with Crippen LogP contribution in [0.25, 0.3) is 0 Å². The highest BCUT2D eigenvalue weighted by Crippen LogP contribution is 2.41. The molecule has 3 nitrogen and oxygen atoms in total. The molecule has 0 saturated heterocycles. The van der Waals surface area contributed by atoms with E-state index in [4.69, 9.17) is 0 Å². The predicted octanol–water partition coefficient (Wildman–Crippen LogP) is 2.39. The predicted molar refractivity (Wildman–Crippen MR) is 65.2 cm³/mol. The average molecular weight is 222 g/mol. The van der Waals surface area contributed by atoms with E-state index >= 15 is 0 Å². The lowest BCUT2D eigenvalue weighted by molar-refractivity contribution is 0.181.